The standard InChI is InChI=1S/C17H18F3N3O2S/c18-17(19,20)11-5-4-6-12(9-11)21-14(24)10-13-15(25)22-16(26-13)23-7-2-1-3-8-23/h4-6,9,13H,1-3,7-8,10H2,(H,21,24)/t13-/m0/s1. The molecule has 0 radical (unpaired) electrons. The number of amides is 2. The number of rotatable bonds is 3. The third kappa shape index (κ3) is 4.57. The second-order valence-corrected chi connectivity index (χ2v) is 7.39. The van der Waals surface area contributed by atoms with Crippen LogP contribution in [0.4, 0.5) is 18.9 Å². The molecule has 2 aliphatic heterocycles. The lowest BCUT2D eigenvalue weighted by molar-refractivity contribution is -0.137. The summed E-state index contributed by atoms with van der Waals surface area (Å²) in [6.45, 7) is 1.70. The van der Waals surface area contributed by atoms with Crippen LogP contribution in [0, 0.1) is 0 Å². The van der Waals surface area contributed by atoms with Gasteiger partial charge in [0.05, 0.1) is 5.56 Å². The van der Waals surface area contributed by atoms with E-state index in [4.69, 9.17) is 0 Å². The van der Waals surface area contributed by atoms with Gasteiger partial charge in [-0.3, -0.25) is 9.59 Å². The van der Waals surface area contributed by atoms with E-state index in [1.807, 2.05) is 0 Å². The molecule has 1 atom stereocenters. The molecule has 3 rings (SSSR count). The molecule has 1 fully saturated rings. The average molecular weight is 385 g/mol. The van der Waals surface area contributed by atoms with E-state index in [2.05, 4.69) is 15.2 Å². The Hall–Kier alpha value is -2.03. The molecule has 0 aliphatic carbocycles. The first-order valence-corrected chi connectivity index (χ1v) is 9.22. The number of piperidine rings is 1. The number of nitrogens with one attached hydrogen (secondary N) is 1. The topological polar surface area (TPSA) is 61.8 Å². The lowest BCUT2D eigenvalue weighted by Gasteiger charge is -2.27. The zero-order valence-corrected chi connectivity index (χ0v) is 14.7. The van der Waals surface area contributed by atoms with Crippen LogP contribution in [0.25, 0.3) is 0 Å². The number of carbonyl (C=O) groups is 2. The smallest absolute Gasteiger partial charge is 0.351 e. The Bertz CT molecular complexity index is 730. The van der Waals surface area contributed by atoms with E-state index in [1.165, 1.54) is 23.9 Å². The number of carbonyl (C=O) groups excluding carboxylic acids is 2. The molecular weight excluding hydrogens is 367 g/mol. The largest absolute Gasteiger partial charge is 0.416 e. The van der Waals surface area contributed by atoms with Crippen molar-refractivity contribution in [3.8, 4) is 0 Å². The van der Waals surface area contributed by atoms with Crippen molar-refractivity contribution in [2.45, 2.75) is 37.1 Å². The molecule has 140 valence electrons. The van der Waals surface area contributed by atoms with E-state index in [-0.39, 0.29) is 18.0 Å². The predicted molar refractivity (Wildman–Crippen MR) is 93.9 cm³/mol. The van der Waals surface area contributed by atoms with Crippen LogP contribution < -0.4 is 5.32 Å². The van der Waals surface area contributed by atoms with Crippen molar-refractivity contribution in [3.05, 3.63) is 29.8 Å². The molecule has 9 heteroatoms. The third-order valence-electron chi connectivity index (χ3n) is 4.20. The Kier molecular flexibility index (Phi) is 5.55. The van der Waals surface area contributed by atoms with Crippen molar-refractivity contribution in [1.29, 1.82) is 0 Å². The summed E-state index contributed by atoms with van der Waals surface area (Å²) in [5, 5.41) is 2.45. The molecule has 1 aromatic rings. The molecule has 2 amide bonds. The van der Waals surface area contributed by atoms with E-state index in [1.54, 1.807) is 0 Å². The van der Waals surface area contributed by atoms with Crippen LogP contribution in [0.1, 0.15) is 31.2 Å². The summed E-state index contributed by atoms with van der Waals surface area (Å²) in [6, 6.07) is 4.42. The lowest BCUT2D eigenvalue weighted by atomic mass is 10.1. The van der Waals surface area contributed by atoms with Crippen molar-refractivity contribution in [2.75, 3.05) is 18.4 Å². The zero-order valence-electron chi connectivity index (χ0n) is 13.9. The van der Waals surface area contributed by atoms with Gasteiger partial charge in [-0.1, -0.05) is 17.8 Å². The number of halogens is 3. The molecule has 0 aromatic heterocycles. The maximum atomic E-state index is 12.7. The van der Waals surface area contributed by atoms with Crippen LogP contribution >= 0.6 is 11.8 Å². The minimum absolute atomic E-state index is 0.0532. The van der Waals surface area contributed by atoms with E-state index in [0.29, 0.717) is 5.17 Å². The number of benzene rings is 1. The Morgan fingerprint density at radius 1 is 1.27 bits per heavy atom. The summed E-state index contributed by atoms with van der Waals surface area (Å²) in [6.07, 6.45) is -1.34. The molecule has 26 heavy (non-hydrogen) atoms. The van der Waals surface area contributed by atoms with Crippen LogP contribution in [0.3, 0.4) is 0 Å². The molecule has 1 saturated heterocycles. The second-order valence-electron chi connectivity index (χ2n) is 6.22. The Balaban J connectivity index is 1.57. The van der Waals surface area contributed by atoms with Gasteiger partial charge in [-0.2, -0.15) is 18.2 Å². The monoisotopic (exact) mass is 385 g/mol. The molecule has 0 bridgehead atoms. The van der Waals surface area contributed by atoms with E-state index < -0.39 is 22.9 Å². The van der Waals surface area contributed by atoms with Crippen LogP contribution in [-0.2, 0) is 15.8 Å². The fraction of sp³-hybridized carbons (Fsp3) is 0.471. The summed E-state index contributed by atoms with van der Waals surface area (Å²) in [5.74, 6) is -0.875. The molecule has 2 heterocycles. The van der Waals surface area contributed by atoms with Gasteiger partial charge in [0.25, 0.3) is 5.91 Å². The Morgan fingerprint density at radius 3 is 2.69 bits per heavy atom. The van der Waals surface area contributed by atoms with Crippen molar-refractivity contribution < 1.29 is 22.8 Å². The van der Waals surface area contributed by atoms with E-state index >= 15 is 0 Å². The minimum Gasteiger partial charge on any atom is -0.351 e. The van der Waals surface area contributed by atoms with Gasteiger partial charge in [-0.15, -0.1) is 0 Å². The number of likely N-dealkylation sites (tertiary alicyclic amines) is 1. The van der Waals surface area contributed by atoms with Crippen LogP contribution in [0.15, 0.2) is 29.3 Å². The third-order valence-corrected chi connectivity index (χ3v) is 5.41. The highest BCUT2D eigenvalue weighted by Gasteiger charge is 2.34. The van der Waals surface area contributed by atoms with Gasteiger partial charge < -0.3 is 10.2 Å². The van der Waals surface area contributed by atoms with Crippen molar-refractivity contribution in [2.24, 2.45) is 4.99 Å². The van der Waals surface area contributed by atoms with Crippen LogP contribution in [0.5, 0.6) is 0 Å². The van der Waals surface area contributed by atoms with Crippen molar-refractivity contribution in [1.82, 2.24) is 4.90 Å². The van der Waals surface area contributed by atoms with Gasteiger partial charge in [-0.05, 0) is 37.5 Å². The number of aliphatic imine (C=N–C) groups is 1. The molecule has 0 unspecified atom stereocenters. The number of hydrogen-bond acceptors (Lipinski definition) is 4. The number of anilines is 1. The Labute approximate surface area is 153 Å². The Morgan fingerprint density at radius 2 is 2.00 bits per heavy atom. The van der Waals surface area contributed by atoms with Gasteiger partial charge in [-0.25, -0.2) is 0 Å². The number of hydrogen-bond donors (Lipinski definition) is 1. The summed E-state index contributed by atoms with van der Waals surface area (Å²) in [5.41, 5.74) is -0.783. The SMILES string of the molecule is O=C(C[C@@H]1SC(N2CCCCC2)=NC1=O)Nc1cccc(C(F)(F)F)c1. The first-order chi connectivity index (χ1) is 12.3. The van der Waals surface area contributed by atoms with E-state index in [9.17, 15) is 22.8 Å². The van der Waals surface area contributed by atoms with E-state index in [0.717, 1.165) is 44.5 Å². The fourth-order valence-corrected chi connectivity index (χ4v) is 4.00. The molecular formula is C17H18F3N3O2S. The number of thioether (sulfide) groups is 1. The number of alkyl halides is 3. The van der Waals surface area contributed by atoms with Crippen LogP contribution in [-0.4, -0.2) is 40.2 Å². The summed E-state index contributed by atoms with van der Waals surface area (Å²) in [4.78, 5) is 30.3. The highest BCUT2D eigenvalue weighted by molar-refractivity contribution is 8.15. The molecule has 1 N–H and O–H groups in total. The minimum atomic E-state index is -4.48. The molecule has 5 nitrogen and oxygen atoms in total. The predicted octanol–water partition coefficient (Wildman–Crippen LogP) is 3.52. The molecule has 1 aromatic carbocycles. The van der Waals surface area contributed by atoms with Crippen molar-refractivity contribution >= 4 is 34.4 Å². The molecule has 0 saturated carbocycles. The van der Waals surface area contributed by atoms with Crippen molar-refractivity contribution in [3.63, 3.8) is 0 Å². The molecule has 2 aliphatic rings. The van der Waals surface area contributed by atoms with Gasteiger partial charge in [0, 0.05) is 25.2 Å². The second kappa shape index (κ2) is 7.69. The quantitative estimate of drug-likeness (QED) is 0.865. The summed E-state index contributed by atoms with van der Waals surface area (Å²) >= 11 is 1.26. The maximum Gasteiger partial charge on any atom is 0.416 e. The van der Waals surface area contributed by atoms with Gasteiger partial charge in [0.1, 0.15) is 5.25 Å². The average Bonchev–Trinajstić information content (AvgIpc) is 2.96. The number of amidine groups is 1. The summed E-state index contributed by atoms with van der Waals surface area (Å²) < 4.78 is 38.2. The van der Waals surface area contributed by atoms with Gasteiger partial charge in [0.15, 0.2) is 5.17 Å². The molecule has 0 spiro atoms. The lowest BCUT2D eigenvalue weighted by Crippen LogP contribution is -2.33. The normalized spacial score (nSPS) is 20.9. The van der Waals surface area contributed by atoms with Crippen LogP contribution in [0.2, 0.25) is 0 Å². The first kappa shape index (κ1) is 18.8. The first-order valence-electron chi connectivity index (χ1n) is 8.34. The highest BCUT2D eigenvalue weighted by atomic mass is 32.2. The fourth-order valence-electron chi connectivity index (χ4n) is 2.88. The number of nitrogens with zero attached hydrogens (tertiary/aromatic N) is 2. The maximum absolute atomic E-state index is 12.7. The van der Waals surface area contributed by atoms with Gasteiger partial charge >= 0.3 is 6.18 Å². The highest BCUT2D eigenvalue weighted by Crippen LogP contribution is 2.31. The van der Waals surface area contributed by atoms with Gasteiger partial charge in [0.2, 0.25) is 5.91 Å². The zero-order chi connectivity index (χ0) is 18.7. The summed E-state index contributed by atoms with van der Waals surface area (Å²) in [7, 11) is 0.